The molecule has 5 nitrogen and oxygen atoms in total. The van der Waals surface area contributed by atoms with Gasteiger partial charge in [-0.05, 0) is 50.1 Å². The molecule has 27 heavy (non-hydrogen) atoms. The third-order valence-electron chi connectivity index (χ3n) is 4.14. The van der Waals surface area contributed by atoms with E-state index in [0.29, 0.717) is 5.02 Å². The van der Waals surface area contributed by atoms with Crippen molar-refractivity contribution in [2.24, 2.45) is 0 Å². The van der Waals surface area contributed by atoms with E-state index in [4.69, 9.17) is 23.2 Å². The Labute approximate surface area is 170 Å². The number of nitrogens with one attached hydrogen (secondary N) is 1. The molecule has 2 rings (SSSR count). The first-order valence-electron chi connectivity index (χ1n) is 8.28. The molecule has 8 heteroatoms. The molecule has 0 spiro atoms. The number of sulfonamides is 1. The lowest BCUT2D eigenvalue weighted by atomic mass is 10.00. The normalized spacial score (nSPS) is 12.5. The first-order valence-corrected chi connectivity index (χ1v) is 10.9. The summed E-state index contributed by atoms with van der Waals surface area (Å²) in [5, 5.41) is 3.39. The Morgan fingerprint density at radius 1 is 1.15 bits per heavy atom. The van der Waals surface area contributed by atoms with Crippen LogP contribution in [0.15, 0.2) is 36.4 Å². The van der Waals surface area contributed by atoms with Gasteiger partial charge >= 0.3 is 0 Å². The molecule has 0 unspecified atom stereocenters. The largest absolute Gasteiger partial charge is 0.348 e. The van der Waals surface area contributed by atoms with Crippen LogP contribution in [0.2, 0.25) is 10.0 Å². The van der Waals surface area contributed by atoms with Gasteiger partial charge < -0.3 is 5.32 Å². The summed E-state index contributed by atoms with van der Waals surface area (Å²) in [4.78, 5) is 12.5. The number of rotatable bonds is 6. The summed E-state index contributed by atoms with van der Waals surface area (Å²) in [7, 11) is -3.72. The SMILES string of the molecule is Cc1ccc(C)c([C@H](C)NC(=O)CN(c2ccc(Cl)cc2Cl)S(C)(=O)=O)c1. The highest BCUT2D eigenvalue weighted by Gasteiger charge is 2.24. The maximum atomic E-state index is 12.5. The van der Waals surface area contributed by atoms with Gasteiger partial charge in [0.2, 0.25) is 15.9 Å². The summed E-state index contributed by atoms with van der Waals surface area (Å²) in [5.41, 5.74) is 3.33. The molecule has 2 aromatic rings. The van der Waals surface area contributed by atoms with E-state index in [1.54, 1.807) is 0 Å². The third kappa shape index (κ3) is 5.61. The molecule has 0 aliphatic carbocycles. The average Bonchev–Trinajstić information content (AvgIpc) is 2.54. The van der Waals surface area contributed by atoms with Crippen LogP contribution in [0.4, 0.5) is 5.69 Å². The van der Waals surface area contributed by atoms with Gasteiger partial charge in [0.15, 0.2) is 0 Å². The molecule has 0 radical (unpaired) electrons. The fraction of sp³-hybridized carbons (Fsp3) is 0.316. The van der Waals surface area contributed by atoms with Gasteiger partial charge in [0.1, 0.15) is 6.54 Å². The molecule has 0 bridgehead atoms. The number of nitrogens with zero attached hydrogens (tertiary/aromatic N) is 1. The minimum Gasteiger partial charge on any atom is -0.348 e. The lowest BCUT2D eigenvalue weighted by Gasteiger charge is -2.24. The number of aryl methyl sites for hydroxylation is 2. The number of hydrogen-bond donors (Lipinski definition) is 1. The van der Waals surface area contributed by atoms with E-state index in [1.807, 2.05) is 39.0 Å². The molecule has 2 aromatic carbocycles. The molecule has 146 valence electrons. The van der Waals surface area contributed by atoms with Crippen molar-refractivity contribution in [1.29, 1.82) is 0 Å². The quantitative estimate of drug-likeness (QED) is 0.747. The summed E-state index contributed by atoms with van der Waals surface area (Å²) >= 11 is 12.0. The lowest BCUT2D eigenvalue weighted by Crippen LogP contribution is -2.41. The zero-order valence-corrected chi connectivity index (χ0v) is 17.9. The third-order valence-corrected chi connectivity index (χ3v) is 5.81. The van der Waals surface area contributed by atoms with E-state index in [2.05, 4.69) is 5.32 Å². The number of carbonyl (C=O) groups excluding carboxylic acids is 1. The molecule has 1 N–H and O–H groups in total. The van der Waals surface area contributed by atoms with E-state index >= 15 is 0 Å². The number of anilines is 1. The molecule has 1 atom stereocenters. The molecular formula is C19H22Cl2N2O3S. The smallest absolute Gasteiger partial charge is 0.241 e. The van der Waals surface area contributed by atoms with Crippen LogP contribution in [-0.2, 0) is 14.8 Å². The first-order chi connectivity index (χ1) is 12.5. The predicted molar refractivity (Wildman–Crippen MR) is 111 cm³/mol. The Morgan fingerprint density at radius 2 is 1.81 bits per heavy atom. The van der Waals surface area contributed by atoms with Gasteiger partial charge in [0.25, 0.3) is 0 Å². The van der Waals surface area contributed by atoms with E-state index in [1.165, 1.54) is 18.2 Å². The molecule has 0 aliphatic heterocycles. The van der Waals surface area contributed by atoms with Crippen LogP contribution in [0.5, 0.6) is 0 Å². The lowest BCUT2D eigenvalue weighted by molar-refractivity contribution is -0.120. The highest BCUT2D eigenvalue weighted by Crippen LogP contribution is 2.30. The Bertz CT molecular complexity index is 961. The number of carbonyl (C=O) groups is 1. The number of benzene rings is 2. The fourth-order valence-corrected chi connectivity index (χ4v) is 4.22. The van der Waals surface area contributed by atoms with E-state index < -0.39 is 15.9 Å². The maximum Gasteiger partial charge on any atom is 0.241 e. The second kappa shape index (κ2) is 8.50. The van der Waals surface area contributed by atoms with Crippen molar-refractivity contribution in [3.8, 4) is 0 Å². The van der Waals surface area contributed by atoms with Crippen molar-refractivity contribution in [3.05, 3.63) is 63.1 Å². The Balaban J connectivity index is 2.23. The number of hydrogen-bond acceptors (Lipinski definition) is 3. The van der Waals surface area contributed by atoms with Crippen LogP contribution in [0, 0.1) is 13.8 Å². The van der Waals surface area contributed by atoms with Crippen molar-refractivity contribution in [2.75, 3.05) is 17.1 Å². The second-order valence-electron chi connectivity index (χ2n) is 6.51. The van der Waals surface area contributed by atoms with E-state index in [-0.39, 0.29) is 23.3 Å². The molecule has 0 aromatic heterocycles. The topological polar surface area (TPSA) is 66.5 Å². The molecular weight excluding hydrogens is 407 g/mol. The Hall–Kier alpha value is -1.76. The van der Waals surface area contributed by atoms with Gasteiger partial charge in [-0.2, -0.15) is 0 Å². The maximum absolute atomic E-state index is 12.5. The number of amides is 1. The van der Waals surface area contributed by atoms with E-state index in [9.17, 15) is 13.2 Å². The summed E-state index contributed by atoms with van der Waals surface area (Å²) in [5.74, 6) is -0.431. The molecule has 0 heterocycles. The van der Waals surface area contributed by atoms with Gasteiger partial charge in [0, 0.05) is 5.02 Å². The molecule has 1 amide bonds. The standard InChI is InChI=1S/C19H22Cl2N2O3S/c1-12-5-6-13(2)16(9-12)14(3)22-19(24)11-23(27(4,25)26)18-8-7-15(20)10-17(18)21/h5-10,14H,11H2,1-4H3,(H,22,24)/t14-/m0/s1. The molecule has 0 saturated carbocycles. The van der Waals surface area contributed by atoms with Gasteiger partial charge in [0.05, 0.1) is 23.0 Å². The van der Waals surface area contributed by atoms with Crippen LogP contribution in [0.3, 0.4) is 0 Å². The van der Waals surface area contributed by atoms with Crippen molar-refractivity contribution >= 4 is 44.8 Å². The van der Waals surface area contributed by atoms with Gasteiger partial charge in [-0.25, -0.2) is 8.42 Å². The van der Waals surface area contributed by atoms with Crippen LogP contribution in [0.25, 0.3) is 0 Å². The summed E-state index contributed by atoms with van der Waals surface area (Å²) in [6, 6.07) is 10.2. The van der Waals surface area contributed by atoms with Crippen molar-refractivity contribution < 1.29 is 13.2 Å². The van der Waals surface area contributed by atoms with E-state index in [0.717, 1.165) is 27.3 Å². The summed E-state index contributed by atoms with van der Waals surface area (Å²) in [6.45, 7) is 5.42. The first kappa shape index (κ1) is 21.5. The second-order valence-corrected chi connectivity index (χ2v) is 9.27. The highest BCUT2D eigenvalue weighted by atomic mass is 35.5. The van der Waals surface area contributed by atoms with Crippen molar-refractivity contribution in [1.82, 2.24) is 5.32 Å². The molecule has 0 saturated heterocycles. The van der Waals surface area contributed by atoms with Crippen molar-refractivity contribution in [2.45, 2.75) is 26.8 Å². The minimum atomic E-state index is -3.72. The zero-order chi connectivity index (χ0) is 20.4. The van der Waals surface area contributed by atoms with Gasteiger partial charge in [-0.15, -0.1) is 0 Å². The Kier molecular flexibility index (Phi) is 6.78. The Morgan fingerprint density at radius 3 is 2.41 bits per heavy atom. The zero-order valence-electron chi connectivity index (χ0n) is 15.6. The summed E-state index contributed by atoms with van der Waals surface area (Å²) < 4.78 is 25.4. The minimum absolute atomic E-state index is 0.156. The predicted octanol–water partition coefficient (Wildman–Crippen LogP) is 4.25. The monoisotopic (exact) mass is 428 g/mol. The highest BCUT2D eigenvalue weighted by molar-refractivity contribution is 7.92. The van der Waals surface area contributed by atoms with Crippen LogP contribution in [0.1, 0.15) is 29.7 Å². The van der Waals surface area contributed by atoms with Crippen LogP contribution in [-0.4, -0.2) is 27.1 Å². The van der Waals surface area contributed by atoms with Crippen molar-refractivity contribution in [3.63, 3.8) is 0 Å². The fourth-order valence-electron chi connectivity index (χ4n) is 2.79. The van der Waals surface area contributed by atoms with Gasteiger partial charge in [-0.3, -0.25) is 9.10 Å². The van der Waals surface area contributed by atoms with Crippen LogP contribution < -0.4 is 9.62 Å². The molecule has 0 fully saturated rings. The summed E-state index contributed by atoms with van der Waals surface area (Å²) in [6.07, 6.45) is 1.03. The van der Waals surface area contributed by atoms with Crippen LogP contribution >= 0.6 is 23.2 Å². The van der Waals surface area contributed by atoms with Gasteiger partial charge in [-0.1, -0.05) is 47.0 Å². The number of halogens is 2. The molecule has 0 aliphatic rings. The average molecular weight is 429 g/mol.